The Kier molecular flexibility index (Phi) is 7.68. The molecule has 0 fully saturated rings. The molecule has 5 heteroatoms. The Morgan fingerprint density at radius 2 is 1.85 bits per heavy atom. The molecule has 0 saturated heterocycles. The summed E-state index contributed by atoms with van der Waals surface area (Å²) < 4.78 is 0.291. The highest BCUT2D eigenvalue weighted by atomic mass is 16.4. The van der Waals surface area contributed by atoms with Crippen molar-refractivity contribution in [3.63, 3.8) is 0 Å². The summed E-state index contributed by atoms with van der Waals surface area (Å²) in [5.41, 5.74) is -1.90. The molecule has 1 N–H and O–H groups in total. The third kappa shape index (κ3) is 8.07. The van der Waals surface area contributed by atoms with E-state index in [-0.39, 0.29) is 6.54 Å². The number of rotatable bonds is 10. The summed E-state index contributed by atoms with van der Waals surface area (Å²) in [4.78, 5) is 22.8. The van der Waals surface area contributed by atoms with E-state index in [1.807, 2.05) is 0 Å². The SMILES string of the molecule is CCCCCC=CC(=O)[C@@](O)(CC(=O)[O-])C[N+](C)(C)C. The number of hydrogen-bond donors (Lipinski definition) is 1. The van der Waals surface area contributed by atoms with Crippen molar-refractivity contribution in [1.82, 2.24) is 0 Å². The molecule has 0 aliphatic carbocycles. The Bertz CT molecular complexity index is 357. The minimum Gasteiger partial charge on any atom is -0.550 e. The van der Waals surface area contributed by atoms with E-state index in [1.54, 1.807) is 27.2 Å². The maximum absolute atomic E-state index is 12.1. The zero-order valence-corrected chi connectivity index (χ0v) is 13.0. The standard InChI is InChI=1S/C15H27NO4/c1-5-6-7-8-9-10-13(17)15(20,11-14(18)19)12-16(2,3)4/h9-10,20H,5-8,11-12H2,1-4H3/t15-/m1/s1. The number of carboxylic acid groups (broad SMARTS) is 1. The molecule has 0 aromatic rings. The van der Waals surface area contributed by atoms with Crippen LogP contribution < -0.4 is 5.11 Å². The number of hydrogen-bond acceptors (Lipinski definition) is 4. The van der Waals surface area contributed by atoms with Crippen molar-refractivity contribution in [2.45, 2.75) is 44.6 Å². The highest BCUT2D eigenvalue weighted by molar-refractivity contribution is 5.99. The number of aliphatic carboxylic acids is 1. The first-order valence-electron chi connectivity index (χ1n) is 7.04. The molecule has 0 aliphatic heterocycles. The van der Waals surface area contributed by atoms with Gasteiger partial charge >= 0.3 is 0 Å². The summed E-state index contributed by atoms with van der Waals surface area (Å²) in [5.74, 6) is -1.99. The molecule has 0 radical (unpaired) electrons. The van der Waals surface area contributed by atoms with Gasteiger partial charge in [-0.1, -0.05) is 25.8 Å². The van der Waals surface area contributed by atoms with Crippen LogP contribution in [0.15, 0.2) is 12.2 Å². The van der Waals surface area contributed by atoms with Crippen molar-refractivity contribution >= 4 is 11.8 Å². The second kappa shape index (κ2) is 8.17. The second-order valence-electron chi connectivity index (χ2n) is 6.29. The van der Waals surface area contributed by atoms with E-state index < -0.39 is 23.8 Å². The molecule has 116 valence electrons. The van der Waals surface area contributed by atoms with Crippen LogP contribution in [0.2, 0.25) is 0 Å². The number of ketones is 1. The summed E-state index contributed by atoms with van der Waals surface area (Å²) >= 11 is 0. The van der Waals surface area contributed by atoms with Gasteiger partial charge in [0.1, 0.15) is 6.54 Å². The number of aliphatic hydroxyl groups is 1. The molecule has 0 aromatic heterocycles. The average Bonchev–Trinajstić information content (AvgIpc) is 2.24. The van der Waals surface area contributed by atoms with Crippen molar-refractivity contribution in [2.24, 2.45) is 0 Å². The summed E-state index contributed by atoms with van der Waals surface area (Å²) in [6, 6.07) is 0. The Hall–Kier alpha value is -1.20. The highest BCUT2D eigenvalue weighted by Crippen LogP contribution is 2.16. The van der Waals surface area contributed by atoms with Gasteiger partial charge in [-0.25, -0.2) is 0 Å². The lowest BCUT2D eigenvalue weighted by Gasteiger charge is -2.34. The number of carboxylic acids is 1. The Morgan fingerprint density at radius 3 is 2.30 bits per heavy atom. The molecule has 0 aromatic carbocycles. The van der Waals surface area contributed by atoms with Gasteiger partial charge in [0.15, 0.2) is 11.4 Å². The van der Waals surface area contributed by atoms with Crippen molar-refractivity contribution in [3.8, 4) is 0 Å². The lowest BCUT2D eigenvalue weighted by molar-refractivity contribution is -0.875. The van der Waals surface area contributed by atoms with Gasteiger partial charge in [0, 0.05) is 12.4 Å². The van der Waals surface area contributed by atoms with Gasteiger partial charge in [0.05, 0.1) is 21.1 Å². The van der Waals surface area contributed by atoms with Crippen molar-refractivity contribution in [3.05, 3.63) is 12.2 Å². The molecule has 0 heterocycles. The monoisotopic (exact) mass is 285 g/mol. The van der Waals surface area contributed by atoms with Gasteiger partial charge in [0.2, 0.25) is 0 Å². The number of allylic oxidation sites excluding steroid dienone is 1. The summed E-state index contributed by atoms with van der Waals surface area (Å²) in [5, 5.41) is 21.1. The Labute approximate surface area is 121 Å². The largest absolute Gasteiger partial charge is 0.550 e. The molecule has 0 aliphatic rings. The predicted octanol–water partition coefficient (Wildman–Crippen LogP) is 0.269. The van der Waals surface area contributed by atoms with E-state index in [1.165, 1.54) is 6.08 Å². The first-order valence-corrected chi connectivity index (χ1v) is 7.04. The van der Waals surface area contributed by atoms with Gasteiger partial charge in [-0.15, -0.1) is 0 Å². The molecular weight excluding hydrogens is 258 g/mol. The molecule has 0 bridgehead atoms. The Morgan fingerprint density at radius 1 is 1.25 bits per heavy atom. The van der Waals surface area contributed by atoms with Crippen LogP contribution in [0.1, 0.15) is 39.0 Å². The van der Waals surface area contributed by atoms with Crippen LogP contribution in [0, 0.1) is 0 Å². The van der Waals surface area contributed by atoms with E-state index in [2.05, 4.69) is 6.92 Å². The first-order chi connectivity index (χ1) is 9.10. The molecular formula is C15H27NO4. The topological polar surface area (TPSA) is 77.4 Å². The van der Waals surface area contributed by atoms with E-state index in [0.717, 1.165) is 25.7 Å². The van der Waals surface area contributed by atoms with Gasteiger partial charge < -0.3 is 19.5 Å². The zero-order valence-electron chi connectivity index (χ0n) is 13.0. The average molecular weight is 285 g/mol. The molecule has 0 amide bonds. The van der Waals surface area contributed by atoms with Gasteiger partial charge in [0.25, 0.3) is 0 Å². The van der Waals surface area contributed by atoms with Crippen molar-refractivity contribution in [2.75, 3.05) is 27.7 Å². The van der Waals surface area contributed by atoms with Crippen LogP contribution in [0.4, 0.5) is 0 Å². The fourth-order valence-electron chi connectivity index (χ4n) is 2.10. The molecule has 0 spiro atoms. The summed E-state index contributed by atoms with van der Waals surface area (Å²) in [7, 11) is 5.37. The summed E-state index contributed by atoms with van der Waals surface area (Å²) in [6.07, 6.45) is 6.24. The number of likely N-dealkylation sites (N-methyl/N-ethyl adjacent to an activating group) is 1. The predicted molar refractivity (Wildman–Crippen MR) is 75.8 cm³/mol. The van der Waals surface area contributed by atoms with Crippen LogP contribution in [-0.2, 0) is 9.59 Å². The number of carbonyl (C=O) groups excluding carboxylic acids is 2. The minimum absolute atomic E-state index is 0.0269. The van der Waals surface area contributed by atoms with Crippen LogP contribution in [0.5, 0.6) is 0 Å². The third-order valence-corrected chi connectivity index (χ3v) is 2.87. The number of nitrogens with zero attached hydrogens (tertiary/aromatic N) is 1. The fourth-order valence-corrected chi connectivity index (χ4v) is 2.10. The van der Waals surface area contributed by atoms with E-state index >= 15 is 0 Å². The van der Waals surface area contributed by atoms with Crippen molar-refractivity contribution in [1.29, 1.82) is 0 Å². The second-order valence-corrected chi connectivity index (χ2v) is 6.29. The normalized spacial score (nSPS) is 15.2. The lowest BCUT2D eigenvalue weighted by Crippen LogP contribution is -2.55. The summed E-state index contributed by atoms with van der Waals surface area (Å²) in [6.45, 7) is 2.12. The fraction of sp³-hybridized carbons (Fsp3) is 0.733. The van der Waals surface area contributed by atoms with E-state index in [9.17, 15) is 19.8 Å². The van der Waals surface area contributed by atoms with Crippen molar-refractivity contribution < 1.29 is 24.3 Å². The zero-order chi connectivity index (χ0) is 15.8. The van der Waals surface area contributed by atoms with Crippen LogP contribution in [-0.4, -0.2) is 54.6 Å². The van der Waals surface area contributed by atoms with E-state index in [4.69, 9.17) is 0 Å². The number of carbonyl (C=O) groups is 2. The maximum atomic E-state index is 12.1. The molecule has 0 rings (SSSR count). The number of unbranched alkanes of at least 4 members (excludes halogenated alkanes) is 3. The van der Waals surface area contributed by atoms with Crippen LogP contribution in [0.25, 0.3) is 0 Å². The van der Waals surface area contributed by atoms with E-state index in [0.29, 0.717) is 4.48 Å². The Balaban J connectivity index is 4.76. The quantitative estimate of drug-likeness (QED) is 0.355. The van der Waals surface area contributed by atoms with Crippen LogP contribution >= 0.6 is 0 Å². The molecule has 0 saturated carbocycles. The molecule has 1 atom stereocenters. The maximum Gasteiger partial charge on any atom is 0.193 e. The highest BCUT2D eigenvalue weighted by Gasteiger charge is 2.39. The van der Waals surface area contributed by atoms with Gasteiger partial charge in [-0.2, -0.15) is 0 Å². The third-order valence-electron chi connectivity index (χ3n) is 2.87. The lowest BCUT2D eigenvalue weighted by atomic mass is 9.92. The molecule has 0 unspecified atom stereocenters. The smallest absolute Gasteiger partial charge is 0.193 e. The number of quaternary nitrogens is 1. The molecule has 20 heavy (non-hydrogen) atoms. The van der Waals surface area contributed by atoms with Crippen LogP contribution in [0.3, 0.4) is 0 Å². The minimum atomic E-state index is -1.90. The molecule has 5 nitrogen and oxygen atoms in total. The first kappa shape index (κ1) is 18.8. The van der Waals surface area contributed by atoms with Gasteiger partial charge in [-0.05, 0) is 18.9 Å². The van der Waals surface area contributed by atoms with Gasteiger partial charge in [-0.3, -0.25) is 4.79 Å².